The molecule has 8 heteroatoms. The summed E-state index contributed by atoms with van der Waals surface area (Å²) in [5.41, 5.74) is 7.73. The Hall–Kier alpha value is -4.43. The van der Waals surface area contributed by atoms with Crippen molar-refractivity contribution in [2.24, 2.45) is 5.92 Å². The largest absolute Gasteiger partial charge is 0.508 e. The second kappa shape index (κ2) is 18.7. The molecule has 4 aromatic rings. The van der Waals surface area contributed by atoms with Crippen LogP contribution >= 0.6 is 0 Å². The van der Waals surface area contributed by atoms with Crippen LogP contribution in [0.25, 0.3) is 0 Å². The maximum atomic E-state index is 16.4. The van der Waals surface area contributed by atoms with E-state index in [1.54, 1.807) is 18.2 Å². The third-order valence-electron chi connectivity index (χ3n) is 12.6. The quantitative estimate of drug-likeness (QED) is 0.122. The zero-order valence-electron chi connectivity index (χ0n) is 34.3. The first kappa shape index (κ1) is 41.2. The SMILES string of the molecule is CCC(=O)c1ccc(N2CCN(CC3CCN(c4ccc(C(c5ccc(O)cc5C(C)CC)C(CC)c5ccc(F)c(OC)c5)cc4F)CC3)CC2)cc1CC. The molecule has 0 radical (unpaired) electrons. The average Bonchev–Trinajstić information content (AvgIpc) is 3.23. The van der Waals surface area contributed by atoms with Crippen molar-refractivity contribution in [2.75, 3.05) is 62.7 Å². The summed E-state index contributed by atoms with van der Waals surface area (Å²) >= 11 is 0. The van der Waals surface area contributed by atoms with Crippen molar-refractivity contribution in [1.29, 1.82) is 0 Å². The number of carbonyl (C=O) groups is 1. The highest BCUT2D eigenvalue weighted by Crippen LogP contribution is 2.46. The van der Waals surface area contributed by atoms with Gasteiger partial charge in [0.1, 0.15) is 11.6 Å². The Morgan fingerprint density at radius 2 is 1.52 bits per heavy atom. The van der Waals surface area contributed by atoms with E-state index in [-0.39, 0.29) is 40.9 Å². The van der Waals surface area contributed by atoms with Crippen LogP contribution < -0.4 is 14.5 Å². The van der Waals surface area contributed by atoms with Crippen molar-refractivity contribution in [2.45, 2.75) is 90.9 Å². The molecule has 2 heterocycles. The molecule has 2 aliphatic rings. The highest BCUT2D eigenvalue weighted by molar-refractivity contribution is 5.97. The molecule has 3 unspecified atom stereocenters. The van der Waals surface area contributed by atoms with Crippen LogP contribution in [0.15, 0.2) is 72.8 Å². The molecule has 0 saturated carbocycles. The molecule has 0 bridgehead atoms. The van der Waals surface area contributed by atoms with Crippen molar-refractivity contribution < 1.29 is 23.4 Å². The smallest absolute Gasteiger partial charge is 0.165 e. The predicted octanol–water partition coefficient (Wildman–Crippen LogP) is 10.7. The Morgan fingerprint density at radius 3 is 2.16 bits per heavy atom. The fourth-order valence-electron chi connectivity index (χ4n) is 9.11. The van der Waals surface area contributed by atoms with E-state index in [1.807, 2.05) is 37.3 Å². The molecule has 2 saturated heterocycles. The summed E-state index contributed by atoms with van der Waals surface area (Å²) in [6, 6.07) is 22.7. The number of piperazine rings is 1. The molecular weight excluding hydrogens is 705 g/mol. The van der Waals surface area contributed by atoms with Crippen LogP contribution in [-0.2, 0) is 6.42 Å². The van der Waals surface area contributed by atoms with Gasteiger partial charge in [-0.05, 0) is 132 Å². The summed E-state index contributed by atoms with van der Waals surface area (Å²) in [4.78, 5) is 19.6. The van der Waals surface area contributed by atoms with Gasteiger partial charge in [0.25, 0.3) is 0 Å². The number of Topliss-reactive ketones (excluding diaryl/α,β-unsaturated/α-hetero) is 1. The van der Waals surface area contributed by atoms with E-state index in [0.29, 0.717) is 18.0 Å². The molecule has 0 spiro atoms. The monoisotopic (exact) mass is 765 g/mol. The van der Waals surface area contributed by atoms with Gasteiger partial charge in [0.15, 0.2) is 17.3 Å². The van der Waals surface area contributed by atoms with Gasteiger partial charge in [-0.15, -0.1) is 0 Å². The van der Waals surface area contributed by atoms with Gasteiger partial charge in [0.05, 0.1) is 12.8 Å². The lowest BCUT2D eigenvalue weighted by molar-refractivity contribution is 0.0987. The number of aromatic hydroxyl groups is 1. The van der Waals surface area contributed by atoms with Crippen molar-refractivity contribution in [3.05, 3.63) is 118 Å². The molecule has 300 valence electrons. The second-order valence-electron chi connectivity index (χ2n) is 15.9. The molecule has 1 N–H and O–H groups in total. The number of methoxy groups -OCH3 is 1. The van der Waals surface area contributed by atoms with Gasteiger partial charge in [-0.25, -0.2) is 8.78 Å². The number of benzene rings is 4. The summed E-state index contributed by atoms with van der Waals surface area (Å²) in [7, 11) is 1.47. The Balaban J connectivity index is 1.14. The third-order valence-corrected chi connectivity index (χ3v) is 12.6. The first-order chi connectivity index (χ1) is 27.1. The molecule has 56 heavy (non-hydrogen) atoms. The molecular formula is C48H61F2N3O3. The third kappa shape index (κ3) is 9.07. The van der Waals surface area contributed by atoms with E-state index in [2.05, 4.69) is 60.6 Å². The number of phenols is 1. The number of hydrogen-bond acceptors (Lipinski definition) is 6. The first-order valence-electron chi connectivity index (χ1n) is 20.9. The van der Waals surface area contributed by atoms with Crippen molar-refractivity contribution >= 4 is 17.2 Å². The number of ketones is 1. The van der Waals surface area contributed by atoms with E-state index < -0.39 is 5.82 Å². The van der Waals surface area contributed by atoms with Crippen LogP contribution in [0.2, 0.25) is 0 Å². The van der Waals surface area contributed by atoms with Gasteiger partial charge < -0.3 is 19.6 Å². The normalized spacial score (nSPS) is 17.1. The average molecular weight is 766 g/mol. The molecule has 3 atom stereocenters. The van der Waals surface area contributed by atoms with Gasteiger partial charge in [-0.2, -0.15) is 0 Å². The predicted molar refractivity (Wildman–Crippen MR) is 225 cm³/mol. The molecule has 2 fully saturated rings. The molecule has 0 aliphatic carbocycles. The molecule has 0 amide bonds. The number of carbonyl (C=O) groups excluding carboxylic acids is 1. The number of phenolic OH excluding ortho intramolecular Hbond substituents is 1. The van der Waals surface area contributed by atoms with Crippen LogP contribution in [0.1, 0.15) is 123 Å². The van der Waals surface area contributed by atoms with E-state index in [1.165, 1.54) is 18.9 Å². The Bertz CT molecular complexity index is 1950. The van der Waals surface area contributed by atoms with Crippen molar-refractivity contribution in [3.63, 3.8) is 0 Å². The van der Waals surface area contributed by atoms with Crippen LogP contribution in [0.5, 0.6) is 11.5 Å². The first-order valence-corrected chi connectivity index (χ1v) is 20.9. The molecule has 6 rings (SSSR count). The minimum atomic E-state index is -0.413. The Kier molecular flexibility index (Phi) is 13.7. The zero-order chi connectivity index (χ0) is 39.9. The van der Waals surface area contributed by atoms with E-state index in [0.717, 1.165) is 111 Å². The Labute approximate surface area is 333 Å². The van der Waals surface area contributed by atoms with Crippen molar-refractivity contribution in [1.82, 2.24) is 4.90 Å². The number of piperidine rings is 1. The number of halogens is 2. The number of aryl methyl sites for hydroxylation is 1. The topological polar surface area (TPSA) is 56.3 Å². The molecule has 4 aromatic carbocycles. The standard InChI is InChI=1S/C48H61F2N3O3/c1-7-32(5)42-30-38(54)14-16-41(42)48(39(9-3)35-11-17-43(49)47(29-35)56-6)36-12-18-45(44(50)28-36)53-21-19-33(20-22-53)31-51-23-25-52(26-24-51)37-13-15-40(46(55)10-4)34(8-2)27-37/h11-18,27-30,32-33,39,48,54H,7-10,19-26,31H2,1-6H3. The second-order valence-corrected chi connectivity index (χ2v) is 15.9. The number of nitrogens with zero attached hydrogens (tertiary/aromatic N) is 3. The summed E-state index contributed by atoms with van der Waals surface area (Å²) in [5.74, 6) is 0.408. The van der Waals surface area contributed by atoms with E-state index in [4.69, 9.17) is 4.74 Å². The van der Waals surface area contributed by atoms with Gasteiger partial charge in [0, 0.05) is 69.4 Å². The van der Waals surface area contributed by atoms with Gasteiger partial charge in [-0.1, -0.05) is 52.8 Å². The maximum absolute atomic E-state index is 16.4. The summed E-state index contributed by atoms with van der Waals surface area (Å²) < 4.78 is 36.4. The minimum absolute atomic E-state index is 0.0921. The Morgan fingerprint density at radius 1 is 0.786 bits per heavy atom. The number of ether oxygens (including phenoxy) is 1. The number of anilines is 2. The van der Waals surface area contributed by atoms with Crippen LogP contribution in [0.4, 0.5) is 20.2 Å². The minimum Gasteiger partial charge on any atom is -0.508 e. The highest BCUT2D eigenvalue weighted by Gasteiger charge is 2.31. The lowest BCUT2D eigenvalue weighted by Gasteiger charge is -2.40. The van der Waals surface area contributed by atoms with E-state index >= 15 is 4.39 Å². The summed E-state index contributed by atoms with van der Waals surface area (Å²) in [6.45, 7) is 17.1. The van der Waals surface area contributed by atoms with Crippen LogP contribution in [0.3, 0.4) is 0 Å². The molecule has 0 aromatic heterocycles. The van der Waals surface area contributed by atoms with Gasteiger partial charge >= 0.3 is 0 Å². The van der Waals surface area contributed by atoms with Crippen molar-refractivity contribution in [3.8, 4) is 11.5 Å². The zero-order valence-corrected chi connectivity index (χ0v) is 34.3. The van der Waals surface area contributed by atoms with Gasteiger partial charge in [0.2, 0.25) is 0 Å². The van der Waals surface area contributed by atoms with E-state index in [9.17, 15) is 14.3 Å². The number of rotatable bonds is 15. The lowest BCUT2D eigenvalue weighted by Crippen LogP contribution is -2.49. The molecule has 2 aliphatic heterocycles. The van der Waals surface area contributed by atoms with Gasteiger partial charge in [-0.3, -0.25) is 9.69 Å². The fourth-order valence-corrected chi connectivity index (χ4v) is 9.11. The lowest BCUT2D eigenvalue weighted by atomic mass is 9.73. The maximum Gasteiger partial charge on any atom is 0.165 e. The van der Waals surface area contributed by atoms with Crippen LogP contribution in [-0.4, -0.2) is 68.7 Å². The summed E-state index contributed by atoms with van der Waals surface area (Å²) in [6.07, 6.45) is 5.05. The summed E-state index contributed by atoms with van der Waals surface area (Å²) in [5, 5.41) is 10.5. The number of hydrogen-bond donors (Lipinski definition) is 1. The molecule has 6 nitrogen and oxygen atoms in total. The van der Waals surface area contributed by atoms with Crippen LogP contribution in [0, 0.1) is 17.6 Å². The fraction of sp³-hybridized carbons (Fsp3) is 0.479. The highest BCUT2D eigenvalue weighted by atomic mass is 19.1.